The van der Waals surface area contributed by atoms with E-state index < -0.39 is 24.1 Å². The molecule has 0 bridgehead atoms. The Morgan fingerprint density at radius 1 is 1.71 bits per heavy atom. The summed E-state index contributed by atoms with van der Waals surface area (Å²) in [6.45, 7) is -0.296. The average Bonchev–Trinajstić information content (AvgIpc) is 2.65. The van der Waals surface area contributed by atoms with E-state index in [1.54, 1.807) is 0 Å². The van der Waals surface area contributed by atoms with E-state index in [1.807, 2.05) is 0 Å². The molecule has 1 saturated heterocycles. The van der Waals surface area contributed by atoms with Crippen LogP contribution in [0.25, 0.3) is 0 Å². The average molecular weight is 306 g/mol. The largest absolute Gasteiger partial charge is 0.394 e. The van der Waals surface area contributed by atoms with Gasteiger partial charge in [0.1, 0.15) is 18.1 Å². The van der Waals surface area contributed by atoms with Crippen molar-refractivity contribution in [2.45, 2.75) is 24.9 Å². The molecule has 94 valence electrons. The summed E-state index contributed by atoms with van der Waals surface area (Å²) in [6, 6.07) is 0. The number of anilines is 1. The van der Waals surface area contributed by atoms with Crippen LogP contribution in [0.4, 0.5) is 5.82 Å². The highest BCUT2D eigenvalue weighted by Gasteiger charge is 2.35. The molecule has 3 unspecified atom stereocenters. The minimum absolute atomic E-state index is 0.100. The molecular weight excluding hydrogens is 294 g/mol. The van der Waals surface area contributed by atoms with Gasteiger partial charge in [-0.2, -0.15) is 4.98 Å². The Balaban J connectivity index is 2.30. The van der Waals surface area contributed by atoms with E-state index in [1.165, 1.54) is 10.8 Å². The highest BCUT2D eigenvalue weighted by molar-refractivity contribution is 9.10. The van der Waals surface area contributed by atoms with Crippen molar-refractivity contribution in [3.63, 3.8) is 0 Å². The first-order chi connectivity index (χ1) is 8.02. The van der Waals surface area contributed by atoms with Gasteiger partial charge >= 0.3 is 5.69 Å². The van der Waals surface area contributed by atoms with Gasteiger partial charge in [-0.25, -0.2) is 4.79 Å². The summed E-state index contributed by atoms with van der Waals surface area (Å²) >= 11 is 3.16. The fourth-order valence-electron chi connectivity index (χ4n) is 1.71. The van der Waals surface area contributed by atoms with Crippen molar-refractivity contribution in [1.82, 2.24) is 9.55 Å². The van der Waals surface area contributed by atoms with Gasteiger partial charge in [-0.15, -0.1) is 0 Å². The normalized spacial score (nSPS) is 28.5. The monoisotopic (exact) mass is 305 g/mol. The summed E-state index contributed by atoms with van der Waals surface area (Å²) in [5.74, 6) is 0.100. The van der Waals surface area contributed by atoms with Crippen molar-refractivity contribution in [2.75, 3.05) is 12.3 Å². The first-order valence-corrected chi connectivity index (χ1v) is 5.80. The zero-order valence-corrected chi connectivity index (χ0v) is 10.4. The number of nitrogens with two attached hydrogens (primary N) is 1. The van der Waals surface area contributed by atoms with Crippen LogP contribution in [-0.4, -0.2) is 38.6 Å². The maximum Gasteiger partial charge on any atom is 0.351 e. The van der Waals surface area contributed by atoms with Crippen LogP contribution in [0.2, 0.25) is 0 Å². The number of hydrogen-bond donors (Lipinski definition) is 3. The molecule has 0 radical (unpaired) electrons. The number of aromatic nitrogens is 2. The molecule has 1 aliphatic rings. The van der Waals surface area contributed by atoms with Crippen LogP contribution in [0.5, 0.6) is 0 Å². The quantitative estimate of drug-likeness (QED) is 0.662. The van der Waals surface area contributed by atoms with Gasteiger partial charge < -0.3 is 20.7 Å². The smallest absolute Gasteiger partial charge is 0.351 e. The zero-order chi connectivity index (χ0) is 12.6. The highest BCUT2D eigenvalue weighted by atomic mass is 79.9. The molecule has 2 rings (SSSR count). The molecule has 8 heteroatoms. The third-order valence-electron chi connectivity index (χ3n) is 2.63. The van der Waals surface area contributed by atoms with Crippen LogP contribution >= 0.6 is 15.9 Å². The molecule has 0 aromatic carbocycles. The molecule has 2 heterocycles. The number of aliphatic hydroxyl groups excluding tert-OH is 2. The second-order valence-electron chi connectivity index (χ2n) is 3.78. The van der Waals surface area contributed by atoms with Gasteiger partial charge in [0.15, 0.2) is 0 Å². The lowest BCUT2D eigenvalue weighted by atomic mass is 10.2. The minimum Gasteiger partial charge on any atom is -0.394 e. The molecule has 4 N–H and O–H groups in total. The van der Waals surface area contributed by atoms with Crippen LogP contribution in [0.15, 0.2) is 15.5 Å². The Labute approximate surface area is 105 Å². The predicted molar refractivity (Wildman–Crippen MR) is 62.2 cm³/mol. The van der Waals surface area contributed by atoms with Crippen molar-refractivity contribution < 1.29 is 14.9 Å². The molecule has 17 heavy (non-hydrogen) atoms. The summed E-state index contributed by atoms with van der Waals surface area (Å²) in [6.07, 6.45) is -0.430. The molecule has 0 amide bonds. The van der Waals surface area contributed by atoms with Crippen LogP contribution < -0.4 is 11.4 Å². The summed E-state index contributed by atoms with van der Waals surface area (Å²) in [5.41, 5.74) is 4.91. The molecule has 1 aromatic heterocycles. The maximum atomic E-state index is 11.6. The first-order valence-electron chi connectivity index (χ1n) is 5.01. The van der Waals surface area contributed by atoms with E-state index in [4.69, 9.17) is 15.6 Å². The zero-order valence-electron chi connectivity index (χ0n) is 8.78. The molecule has 0 spiro atoms. The molecule has 0 aliphatic carbocycles. The van der Waals surface area contributed by atoms with Gasteiger partial charge in [-0.3, -0.25) is 4.57 Å². The maximum absolute atomic E-state index is 11.6. The topological polar surface area (TPSA) is 111 Å². The highest BCUT2D eigenvalue weighted by Crippen LogP contribution is 2.28. The number of rotatable bonds is 2. The number of nitrogen functional groups attached to an aromatic ring is 1. The minimum atomic E-state index is -0.798. The summed E-state index contributed by atoms with van der Waals surface area (Å²) in [7, 11) is 0. The number of aliphatic hydroxyl groups is 2. The lowest BCUT2D eigenvalue weighted by Gasteiger charge is -2.14. The van der Waals surface area contributed by atoms with Crippen LogP contribution in [0.3, 0.4) is 0 Å². The molecule has 0 saturated carbocycles. The molecular formula is C9H12BrN3O4. The Hall–Kier alpha value is -0.960. The van der Waals surface area contributed by atoms with Crippen molar-refractivity contribution in [3.8, 4) is 0 Å². The van der Waals surface area contributed by atoms with Gasteiger partial charge in [0.05, 0.1) is 17.2 Å². The standard InChI is InChI=1S/C9H12BrN3O4/c10-4-2-13(9(16)12-8(4)11)7-1-5(15)6(3-14)17-7/h2,5-7,14-15H,1,3H2,(H2,11,12,16). The van der Waals surface area contributed by atoms with E-state index >= 15 is 0 Å². The van der Waals surface area contributed by atoms with Crippen LogP contribution in [-0.2, 0) is 4.74 Å². The molecule has 1 aromatic rings. The van der Waals surface area contributed by atoms with Crippen molar-refractivity contribution >= 4 is 21.7 Å². The number of nitrogens with zero attached hydrogens (tertiary/aromatic N) is 2. The Morgan fingerprint density at radius 3 is 3.00 bits per heavy atom. The van der Waals surface area contributed by atoms with Gasteiger partial charge in [0.2, 0.25) is 0 Å². The second-order valence-corrected chi connectivity index (χ2v) is 4.63. The van der Waals surface area contributed by atoms with E-state index in [9.17, 15) is 9.90 Å². The molecule has 7 nitrogen and oxygen atoms in total. The van der Waals surface area contributed by atoms with E-state index in [0.717, 1.165) is 0 Å². The lowest BCUT2D eigenvalue weighted by Crippen LogP contribution is -2.28. The fraction of sp³-hybridized carbons (Fsp3) is 0.556. The van der Waals surface area contributed by atoms with Gasteiger partial charge in [0.25, 0.3) is 0 Å². The Morgan fingerprint density at radius 2 is 2.41 bits per heavy atom. The third kappa shape index (κ3) is 2.34. The van der Waals surface area contributed by atoms with Crippen molar-refractivity contribution in [2.24, 2.45) is 0 Å². The van der Waals surface area contributed by atoms with E-state index in [-0.39, 0.29) is 18.8 Å². The Bertz CT molecular complexity index is 478. The van der Waals surface area contributed by atoms with Crippen molar-refractivity contribution in [3.05, 3.63) is 21.2 Å². The number of ether oxygens (including phenoxy) is 1. The van der Waals surface area contributed by atoms with Gasteiger partial charge in [-0.1, -0.05) is 0 Å². The van der Waals surface area contributed by atoms with Crippen molar-refractivity contribution in [1.29, 1.82) is 0 Å². The van der Waals surface area contributed by atoms with Gasteiger partial charge in [-0.05, 0) is 15.9 Å². The van der Waals surface area contributed by atoms with E-state index in [0.29, 0.717) is 4.47 Å². The first kappa shape index (κ1) is 12.5. The SMILES string of the molecule is Nc1nc(=O)n(C2CC(O)C(CO)O2)cc1Br. The van der Waals surface area contributed by atoms with Crippen LogP contribution in [0, 0.1) is 0 Å². The lowest BCUT2D eigenvalue weighted by molar-refractivity contribution is -0.0459. The predicted octanol–water partition coefficient (Wildman–Crippen LogP) is -0.771. The molecule has 3 atom stereocenters. The van der Waals surface area contributed by atoms with Crippen LogP contribution in [0.1, 0.15) is 12.6 Å². The second kappa shape index (κ2) is 4.73. The number of hydrogen-bond acceptors (Lipinski definition) is 6. The molecule has 1 aliphatic heterocycles. The third-order valence-corrected chi connectivity index (χ3v) is 3.24. The van der Waals surface area contributed by atoms with Gasteiger partial charge in [0, 0.05) is 12.6 Å². The summed E-state index contributed by atoms with van der Waals surface area (Å²) < 4.78 is 7.06. The fourth-order valence-corrected chi connectivity index (χ4v) is 2.02. The molecule has 1 fully saturated rings. The number of halogens is 1. The summed E-state index contributed by atoms with van der Waals surface area (Å²) in [4.78, 5) is 15.2. The summed E-state index contributed by atoms with van der Waals surface area (Å²) in [5, 5.41) is 18.5. The Kier molecular flexibility index (Phi) is 3.48. The van der Waals surface area contributed by atoms with E-state index in [2.05, 4.69) is 20.9 Å².